The number of nitrogens with one attached hydrogen (secondary N) is 1. The Morgan fingerprint density at radius 2 is 1.75 bits per heavy atom. The number of fused-ring (bicyclic) bond motifs is 3. The zero-order valence-corrected chi connectivity index (χ0v) is 19.6. The molecule has 2 aliphatic rings. The molecular formula is C26H30ClN3O2. The molecule has 6 heteroatoms. The topological polar surface area (TPSA) is 48.6 Å². The molecular weight excluding hydrogens is 422 g/mol. The van der Waals surface area contributed by atoms with E-state index in [1.165, 1.54) is 16.6 Å². The number of morpholine rings is 1. The maximum atomic E-state index is 12.9. The van der Waals surface area contributed by atoms with Gasteiger partial charge in [0, 0.05) is 41.4 Å². The standard InChI is InChI=1S/C26H30ClN3O2/c1-16-12-22-21-6-4-5-7-23(21)28-25(22)26(30(16)24(31)13-27)19-8-10-20(11-9-19)29-14-17(2)32-18(3)15-29/h4-11,16-18,26,28H,12-15H2,1-3H3/t16-,17?,18?,26-/m0/s1. The Bertz CT molecular complexity index is 1120. The number of hydrogen-bond donors (Lipinski definition) is 1. The predicted octanol–water partition coefficient (Wildman–Crippen LogP) is 4.88. The second kappa shape index (κ2) is 8.45. The first-order valence-electron chi connectivity index (χ1n) is 11.4. The minimum Gasteiger partial charge on any atom is -0.372 e. The first-order chi connectivity index (χ1) is 15.5. The molecule has 0 saturated carbocycles. The second-order valence-corrected chi connectivity index (χ2v) is 9.47. The molecule has 2 unspecified atom stereocenters. The number of para-hydroxylation sites is 1. The van der Waals surface area contributed by atoms with Gasteiger partial charge in [-0.1, -0.05) is 30.3 Å². The lowest BCUT2D eigenvalue weighted by molar-refractivity contribution is -0.133. The maximum absolute atomic E-state index is 12.9. The SMILES string of the molecule is CC1CN(c2ccc([C@H]3c4[nH]c5ccccc5c4C[C@H](C)N3C(=O)CCl)cc2)CC(C)O1. The lowest BCUT2D eigenvalue weighted by Gasteiger charge is -2.41. The minimum absolute atomic E-state index is 0.0158. The summed E-state index contributed by atoms with van der Waals surface area (Å²) in [4.78, 5) is 20.9. The Hall–Kier alpha value is -2.50. The Kier molecular flexibility index (Phi) is 5.64. The van der Waals surface area contributed by atoms with Crippen molar-refractivity contribution < 1.29 is 9.53 Å². The highest BCUT2D eigenvalue weighted by molar-refractivity contribution is 6.27. The number of halogens is 1. The number of alkyl halides is 1. The summed E-state index contributed by atoms with van der Waals surface area (Å²) in [6.07, 6.45) is 1.24. The van der Waals surface area contributed by atoms with Gasteiger partial charge >= 0.3 is 0 Å². The summed E-state index contributed by atoms with van der Waals surface area (Å²) >= 11 is 6.04. The van der Waals surface area contributed by atoms with Crippen molar-refractivity contribution in [3.8, 4) is 0 Å². The molecule has 2 aliphatic heterocycles. The molecule has 1 saturated heterocycles. The van der Waals surface area contributed by atoms with Gasteiger partial charge in [0.05, 0.1) is 18.2 Å². The molecule has 5 nitrogen and oxygen atoms in total. The number of hydrogen-bond acceptors (Lipinski definition) is 3. The zero-order chi connectivity index (χ0) is 22.4. The number of nitrogens with zero attached hydrogens (tertiary/aromatic N) is 2. The van der Waals surface area contributed by atoms with Crippen molar-refractivity contribution in [2.75, 3.05) is 23.9 Å². The molecule has 0 spiro atoms. The highest BCUT2D eigenvalue weighted by Crippen LogP contribution is 2.41. The summed E-state index contributed by atoms with van der Waals surface area (Å²) in [5.74, 6) is -0.0497. The zero-order valence-electron chi connectivity index (χ0n) is 18.8. The smallest absolute Gasteiger partial charge is 0.238 e. The summed E-state index contributed by atoms with van der Waals surface area (Å²) in [7, 11) is 0. The van der Waals surface area contributed by atoms with Crippen LogP contribution in [0.25, 0.3) is 10.9 Å². The number of ether oxygens (including phenoxy) is 1. The Labute approximate surface area is 194 Å². The summed E-state index contributed by atoms with van der Waals surface area (Å²) < 4.78 is 5.89. The highest BCUT2D eigenvalue weighted by Gasteiger charge is 2.38. The number of carbonyl (C=O) groups excluding carboxylic acids is 1. The maximum Gasteiger partial charge on any atom is 0.238 e. The normalized spacial score (nSPS) is 25.8. The van der Waals surface area contributed by atoms with E-state index in [0.29, 0.717) is 0 Å². The Morgan fingerprint density at radius 3 is 2.44 bits per heavy atom. The Balaban J connectivity index is 1.56. The van der Waals surface area contributed by atoms with Crippen LogP contribution in [-0.2, 0) is 16.0 Å². The fraction of sp³-hybridized carbons (Fsp3) is 0.423. The molecule has 168 valence electrons. The molecule has 5 rings (SSSR count). The van der Waals surface area contributed by atoms with Gasteiger partial charge < -0.3 is 19.5 Å². The van der Waals surface area contributed by atoms with Gasteiger partial charge in [-0.2, -0.15) is 0 Å². The summed E-state index contributed by atoms with van der Waals surface area (Å²) in [5.41, 5.74) is 5.80. The van der Waals surface area contributed by atoms with Crippen molar-refractivity contribution >= 4 is 34.1 Å². The van der Waals surface area contributed by atoms with E-state index >= 15 is 0 Å². The number of carbonyl (C=O) groups is 1. The van der Waals surface area contributed by atoms with E-state index < -0.39 is 0 Å². The highest BCUT2D eigenvalue weighted by atomic mass is 35.5. The molecule has 0 bridgehead atoms. The van der Waals surface area contributed by atoms with Crippen LogP contribution in [-0.4, -0.2) is 53.0 Å². The number of rotatable bonds is 3. The quantitative estimate of drug-likeness (QED) is 0.577. The predicted molar refractivity (Wildman–Crippen MR) is 130 cm³/mol. The van der Waals surface area contributed by atoms with Crippen molar-refractivity contribution in [1.82, 2.24) is 9.88 Å². The average Bonchev–Trinajstić information content (AvgIpc) is 3.15. The van der Waals surface area contributed by atoms with Crippen molar-refractivity contribution in [2.45, 2.75) is 51.5 Å². The van der Waals surface area contributed by atoms with E-state index in [-0.39, 0.29) is 36.1 Å². The van der Waals surface area contributed by atoms with Crippen LogP contribution in [0.3, 0.4) is 0 Å². The number of amides is 1. The van der Waals surface area contributed by atoms with E-state index in [4.69, 9.17) is 16.3 Å². The third-order valence-electron chi connectivity index (χ3n) is 6.77. The van der Waals surface area contributed by atoms with Gasteiger partial charge in [0.1, 0.15) is 5.88 Å². The number of benzene rings is 2. The Morgan fingerprint density at radius 1 is 1.06 bits per heavy atom. The van der Waals surface area contributed by atoms with Gasteiger partial charge in [0.25, 0.3) is 0 Å². The van der Waals surface area contributed by atoms with Crippen LogP contribution in [0.1, 0.15) is 43.6 Å². The summed E-state index contributed by atoms with van der Waals surface area (Å²) in [5, 5.41) is 1.24. The first kappa shape index (κ1) is 21.4. The van der Waals surface area contributed by atoms with E-state index in [9.17, 15) is 4.79 Å². The van der Waals surface area contributed by atoms with Gasteiger partial charge in [-0.25, -0.2) is 0 Å². The van der Waals surface area contributed by atoms with Gasteiger partial charge in [-0.3, -0.25) is 4.79 Å². The number of aromatic nitrogens is 1. The van der Waals surface area contributed by atoms with Gasteiger partial charge in [0.2, 0.25) is 5.91 Å². The lowest BCUT2D eigenvalue weighted by atomic mass is 9.88. The van der Waals surface area contributed by atoms with Crippen LogP contribution in [0.4, 0.5) is 5.69 Å². The third kappa shape index (κ3) is 3.67. The number of H-pyrrole nitrogens is 1. The molecule has 1 aromatic heterocycles. The molecule has 0 radical (unpaired) electrons. The largest absolute Gasteiger partial charge is 0.372 e. The molecule has 2 aromatic carbocycles. The van der Waals surface area contributed by atoms with Crippen molar-refractivity contribution in [3.05, 3.63) is 65.4 Å². The molecule has 1 amide bonds. The van der Waals surface area contributed by atoms with Gasteiger partial charge in [-0.15, -0.1) is 11.6 Å². The fourth-order valence-electron chi connectivity index (χ4n) is 5.50. The third-order valence-corrected chi connectivity index (χ3v) is 7.00. The summed E-state index contributed by atoms with van der Waals surface area (Å²) in [6, 6.07) is 16.9. The lowest BCUT2D eigenvalue weighted by Crippen LogP contribution is -2.47. The second-order valence-electron chi connectivity index (χ2n) is 9.21. The van der Waals surface area contributed by atoms with Crippen LogP contribution in [0.5, 0.6) is 0 Å². The molecule has 4 atom stereocenters. The monoisotopic (exact) mass is 451 g/mol. The van der Waals surface area contributed by atoms with Gasteiger partial charge in [-0.05, 0) is 56.5 Å². The number of anilines is 1. The molecule has 3 aromatic rings. The van der Waals surface area contributed by atoms with Crippen LogP contribution in [0.15, 0.2) is 48.5 Å². The van der Waals surface area contributed by atoms with Crippen molar-refractivity contribution in [3.63, 3.8) is 0 Å². The molecule has 1 N–H and O–H groups in total. The van der Waals surface area contributed by atoms with E-state index in [2.05, 4.69) is 73.1 Å². The average molecular weight is 452 g/mol. The van der Waals surface area contributed by atoms with Crippen molar-refractivity contribution in [2.24, 2.45) is 0 Å². The first-order valence-corrected chi connectivity index (χ1v) is 12.0. The van der Waals surface area contributed by atoms with E-state index in [0.717, 1.165) is 36.3 Å². The molecule has 32 heavy (non-hydrogen) atoms. The van der Waals surface area contributed by atoms with Crippen LogP contribution >= 0.6 is 11.6 Å². The van der Waals surface area contributed by atoms with E-state index in [1.54, 1.807) is 0 Å². The van der Waals surface area contributed by atoms with Crippen LogP contribution in [0.2, 0.25) is 0 Å². The minimum atomic E-state index is -0.177. The molecule has 3 heterocycles. The van der Waals surface area contributed by atoms with Crippen LogP contribution in [0, 0.1) is 0 Å². The van der Waals surface area contributed by atoms with Crippen LogP contribution < -0.4 is 4.90 Å². The van der Waals surface area contributed by atoms with Crippen molar-refractivity contribution in [1.29, 1.82) is 0 Å². The summed E-state index contributed by atoms with van der Waals surface area (Å²) in [6.45, 7) is 8.12. The fourth-order valence-corrected chi connectivity index (χ4v) is 5.64. The number of aromatic amines is 1. The van der Waals surface area contributed by atoms with E-state index in [1.807, 2.05) is 11.0 Å². The molecule has 1 fully saturated rings. The molecule has 0 aliphatic carbocycles. The van der Waals surface area contributed by atoms with Gasteiger partial charge in [0.15, 0.2) is 0 Å².